The minimum atomic E-state index is -1.21. The Kier molecular flexibility index (Phi) is 25.2. The van der Waals surface area contributed by atoms with Gasteiger partial charge >= 0.3 is 47.7 Å². The lowest BCUT2D eigenvalue weighted by Gasteiger charge is -2.28. The van der Waals surface area contributed by atoms with Crippen LogP contribution < -0.4 is 5.73 Å². The average molecular weight is 1410 g/mol. The Labute approximate surface area is 533 Å². The SMILES string of the molecule is CC(C)(C)C(=O)O[C@H]1C(CN)OC(n2ccnc2[N+](=O)[O-])[C@@H]1OC(=O)C(C)(C)C.CCC1OC(n2ccnc2[N+](=O)[O-])[C@H](O)[C@H]1O.CCC1OC(n2ccnc2[N+](=O)[O-])[C@H](OC(=O)C(C)(C)C)[C@H]1OC(=O)C(C)C.O=[N+]([O-])c1nccn1C1OC(CI)[C@H](O)[C@H]1O. The molecule has 4 aliphatic heterocycles. The minimum Gasteiger partial charge on any atom is -0.455 e. The molecule has 0 spiro atoms. The highest BCUT2D eigenvalue weighted by Crippen LogP contribution is 2.41. The number of imidazole rings is 4. The van der Waals surface area contributed by atoms with E-state index in [1.54, 1.807) is 83.1 Å². The number of nitrogens with zero attached hydrogens (tertiary/aromatic N) is 12. The molecular weight excluding hydrogens is 1330 g/mol. The summed E-state index contributed by atoms with van der Waals surface area (Å²) in [6, 6.07) is 0. The number of halogens is 1. The number of aliphatic hydroxyl groups excluding tert-OH is 4. The Morgan fingerprint density at radius 3 is 1.07 bits per heavy atom. The number of esters is 4. The van der Waals surface area contributed by atoms with Gasteiger partial charge in [-0.25, -0.2) is 0 Å². The average Bonchev–Trinajstić information content (AvgIpc) is 1.68. The monoisotopic (exact) mass is 1410 g/mol. The van der Waals surface area contributed by atoms with E-state index in [2.05, 4.69) is 19.9 Å². The van der Waals surface area contributed by atoms with Crippen molar-refractivity contribution in [3.8, 4) is 0 Å². The van der Waals surface area contributed by atoms with E-state index >= 15 is 0 Å². The molecule has 8 heterocycles. The minimum absolute atomic E-state index is 0.0509. The van der Waals surface area contributed by atoms with Crippen molar-refractivity contribution in [3.05, 3.63) is 90.0 Å². The maximum atomic E-state index is 12.6. The molecule has 0 aromatic carbocycles. The van der Waals surface area contributed by atoms with E-state index < -0.39 is 188 Å². The zero-order chi connectivity index (χ0) is 68.5. The number of carbonyl (C=O) groups excluding carboxylic acids is 4. The van der Waals surface area contributed by atoms with E-state index in [1.165, 1.54) is 54.1 Å². The Bertz CT molecular complexity index is 3090. The number of aliphatic hydroxyl groups is 4. The van der Waals surface area contributed by atoms with Gasteiger partial charge in [0, 0.05) is 11.0 Å². The van der Waals surface area contributed by atoms with Crippen LogP contribution in [0, 0.1) is 62.6 Å². The standard InChI is InChI=1S/C18H28N4O7.C18H27N3O7.C9H13N3O5.C8H10IN3O5/c1-17(2,3)14(23)28-11-10(9-19)27-13(12(11)29-15(24)18(4,5)6)21-8-7-20-16(21)22(25)26;1-7-11-12(27-15(22)10(2)3)13(28-16(23)18(4,5)6)14(26-11)20-9-8-19-17(20)21(24)25;1-2-5-6(13)7(14)8(17-5)11-4-3-10-9(11)12(15)16;9-3-4-5(13)6(14)7(17-4)11-2-1-10-8(11)12(15)16/h7-8,10-13H,9,19H2,1-6H3;8-14H,7H2,1-6H3;3-8,13-14H,2H2,1H3;1-2,4-7,13-14H,3H2/t10?,11-,12+,13?;11?,12-,13+,14?;5?,6-,7+,8?;4?,5-,6+,7?/m0000/s1. The number of aromatic nitrogens is 8. The van der Waals surface area contributed by atoms with Crippen LogP contribution in [0.2, 0.25) is 0 Å². The zero-order valence-corrected chi connectivity index (χ0v) is 54.2. The molecule has 4 fully saturated rings. The molecule has 0 radical (unpaired) electrons. The summed E-state index contributed by atoms with van der Waals surface area (Å²) in [7, 11) is 0. The van der Waals surface area contributed by atoms with E-state index in [-0.39, 0.29) is 6.54 Å². The zero-order valence-electron chi connectivity index (χ0n) is 52.0. The van der Waals surface area contributed by atoms with Crippen LogP contribution in [0.25, 0.3) is 0 Å². The number of hydrogen-bond donors (Lipinski definition) is 5. The fraction of sp³-hybridized carbons (Fsp3) is 0.698. The second-order valence-electron chi connectivity index (χ2n) is 24.4. The lowest BCUT2D eigenvalue weighted by atomic mass is 9.96. The van der Waals surface area contributed by atoms with E-state index in [0.29, 0.717) is 17.3 Å². The Balaban J connectivity index is 0.000000227. The van der Waals surface area contributed by atoms with Crippen molar-refractivity contribution < 1.29 is 97.2 Å². The third kappa shape index (κ3) is 17.6. The predicted molar refractivity (Wildman–Crippen MR) is 316 cm³/mol. The van der Waals surface area contributed by atoms with Crippen LogP contribution >= 0.6 is 22.6 Å². The van der Waals surface area contributed by atoms with Crippen molar-refractivity contribution in [2.75, 3.05) is 11.0 Å². The van der Waals surface area contributed by atoms with Crippen LogP contribution in [-0.2, 0) is 57.1 Å². The van der Waals surface area contributed by atoms with Crippen LogP contribution in [0.1, 0.15) is 128 Å². The third-order valence-electron chi connectivity index (χ3n) is 14.1. The topological polar surface area (TPSA) is 493 Å². The highest BCUT2D eigenvalue weighted by Gasteiger charge is 2.56. The normalized spacial score (nSPS) is 27.9. The number of alkyl halides is 1. The van der Waals surface area contributed by atoms with Gasteiger partial charge in [-0.15, -0.1) is 0 Å². The van der Waals surface area contributed by atoms with Gasteiger partial charge in [0.05, 0.1) is 34.4 Å². The summed E-state index contributed by atoms with van der Waals surface area (Å²) in [6.45, 7) is 22.0. The van der Waals surface area contributed by atoms with Crippen molar-refractivity contribution in [3.63, 3.8) is 0 Å². The second kappa shape index (κ2) is 30.9. The number of nitro groups is 4. The van der Waals surface area contributed by atoms with Crippen molar-refractivity contribution in [2.45, 2.75) is 201 Å². The molecule has 38 heteroatoms. The van der Waals surface area contributed by atoms with Crippen LogP contribution in [-0.4, -0.2) is 186 Å². The van der Waals surface area contributed by atoms with E-state index in [1.807, 2.05) is 29.5 Å². The first-order chi connectivity index (χ1) is 42.4. The molecule has 37 nitrogen and oxygen atoms in total. The summed E-state index contributed by atoms with van der Waals surface area (Å²) in [5.74, 6) is -4.29. The Hall–Kier alpha value is -7.31. The van der Waals surface area contributed by atoms with Crippen molar-refractivity contribution in [1.29, 1.82) is 0 Å². The summed E-state index contributed by atoms with van der Waals surface area (Å²) in [4.78, 5) is 106. The summed E-state index contributed by atoms with van der Waals surface area (Å²) in [5, 5.41) is 82.9. The number of nitrogens with two attached hydrogens (primary N) is 1. The maximum absolute atomic E-state index is 12.6. The van der Waals surface area contributed by atoms with Gasteiger partial charge in [-0.2, -0.15) is 18.3 Å². The fourth-order valence-electron chi connectivity index (χ4n) is 9.05. The van der Waals surface area contributed by atoms with E-state index in [4.69, 9.17) is 43.6 Å². The van der Waals surface area contributed by atoms with Crippen LogP contribution in [0.3, 0.4) is 0 Å². The molecule has 91 heavy (non-hydrogen) atoms. The molecule has 4 aromatic rings. The van der Waals surface area contributed by atoms with Gasteiger partial charge in [0.15, 0.2) is 24.4 Å². The Morgan fingerprint density at radius 2 is 0.791 bits per heavy atom. The molecule has 4 aromatic heterocycles. The molecule has 0 amide bonds. The molecule has 0 saturated carbocycles. The molecule has 4 aliphatic rings. The molecule has 506 valence electrons. The molecule has 8 unspecified atom stereocenters. The molecule has 6 N–H and O–H groups in total. The highest BCUT2D eigenvalue weighted by molar-refractivity contribution is 14.1. The van der Waals surface area contributed by atoms with E-state index in [9.17, 15) is 80.1 Å². The van der Waals surface area contributed by atoms with E-state index in [0.717, 1.165) is 13.7 Å². The fourth-order valence-corrected chi connectivity index (χ4v) is 9.78. The van der Waals surface area contributed by atoms with Gasteiger partial charge in [0.2, 0.25) is 24.9 Å². The number of ether oxygens (including phenoxy) is 8. The van der Waals surface area contributed by atoms with Gasteiger partial charge in [-0.3, -0.25) is 19.2 Å². The summed E-state index contributed by atoms with van der Waals surface area (Å²) < 4.78 is 50.1. The van der Waals surface area contributed by atoms with Crippen molar-refractivity contribution >= 4 is 70.3 Å². The van der Waals surface area contributed by atoms with Crippen molar-refractivity contribution in [2.24, 2.45) is 27.9 Å². The van der Waals surface area contributed by atoms with Gasteiger partial charge in [0.1, 0.15) is 86.2 Å². The predicted octanol–water partition coefficient (Wildman–Crippen LogP) is 3.85. The second-order valence-corrected chi connectivity index (χ2v) is 25.3. The largest absolute Gasteiger partial charge is 0.455 e. The Morgan fingerprint density at radius 1 is 0.505 bits per heavy atom. The van der Waals surface area contributed by atoms with Gasteiger partial charge in [-0.1, -0.05) is 70.2 Å². The smallest absolute Gasteiger partial charge is 0.436 e. The van der Waals surface area contributed by atoms with Gasteiger partial charge < -0.3 is 105 Å². The van der Waals surface area contributed by atoms with Crippen LogP contribution in [0.4, 0.5) is 23.8 Å². The molecule has 16 atom stereocenters. The van der Waals surface area contributed by atoms with Gasteiger partial charge in [0.25, 0.3) is 0 Å². The quantitative estimate of drug-likeness (QED) is 0.0250. The first-order valence-electron chi connectivity index (χ1n) is 28.5. The summed E-state index contributed by atoms with van der Waals surface area (Å²) >= 11 is 2.01. The molecular formula is C53H78IN13O24. The lowest BCUT2D eigenvalue weighted by molar-refractivity contribution is -0.399. The third-order valence-corrected chi connectivity index (χ3v) is 14.9. The number of carbonyl (C=O) groups is 4. The lowest BCUT2D eigenvalue weighted by Crippen LogP contribution is -2.45. The molecule has 0 aliphatic carbocycles. The summed E-state index contributed by atoms with van der Waals surface area (Å²) in [5.41, 5.74) is 3.29. The van der Waals surface area contributed by atoms with Crippen molar-refractivity contribution in [1.82, 2.24) is 38.2 Å². The number of hydrogen-bond acceptors (Lipinski definition) is 29. The molecule has 0 bridgehead atoms. The first-order valence-corrected chi connectivity index (χ1v) is 30.0. The summed E-state index contributed by atoms with van der Waals surface area (Å²) in [6.07, 6.45) is -3.89. The highest BCUT2D eigenvalue weighted by atomic mass is 127. The molecule has 4 saturated heterocycles. The first kappa shape index (κ1) is 74.4. The number of rotatable bonds is 17. The van der Waals surface area contributed by atoms with Crippen LogP contribution in [0.15, 0.2) is 49.6 Å². The maximum Gasteiger partial charge on any atom is 0.436 e. The van der Waals surface area contributed by atoms with Crippen LogP contribution in [0.5, 0.6) is 0 Å². The molecule has 8 rings (SSSR count). The van der Waals surface area contributed by atoms with Gasteiger partial charge in [-0.05, 0) is 94.8 Å².